The zero-order valence-electron chi connectivity index (χ0n) is 11.7. The molecule has 0 atom stereocenters. The Kier molecular flexibility index (Phi) is 5.40. The molecule has 1 fully saturated rings. The lowest BCUT2D eigenvalue weighted by Crippen LogP contribution is -2.39. The highest BCUT2D eigenvalue weighted by molar-refractivity contribution is 5.78. The second-order valence-corrected chi connectivity index (χ2v) is 5.48. The molecule has 3 nitrogen and oxygen atoms in total. The lowest BCUT2D eigenvalue weighted by atomic mass is 9.95. The summed E-state index contributed by atoms with van der Waals surface area (Å²) in [6.45, 7) is 3.12. The maximum Gasteiger partial charge on any atom is 0.234 e. The van der Waals surface area contributed by atoms with E-state index in [9.17, 15) is 4.79 Å². The van der Waals surface area contributed by atoms with Crippen molar-refractivity contribution in [1.29, 1.82) is 0 Å². The van der Waals surface area contributed by atoms with Crippen LogP contribution >= 0.6 is 0 Å². The number of nitrogens with one attached hydrogen (secondary N) is 2. The zero-order valence-corrected chi connectivity index (χ0v) is 11.7. The van der Waals surface area contributed by atoms with E-state index in [0.717, 1.165) is 5.56 Å². The molecule has 0 aliphatic heterocycles. The van der Waals surface area contributed by atoms with E-state index in [4.69, 9.17) is 0 Å². The Bertz CT molecular complexity index is 411. The Morgan fingerprint density at radius 1 is 1.26 bits per heavy atom. The van der Waals surface area contributed by atoms with Crippen LogP contribution in [0.1, 0.15) is 43.2 Å². The molecule has 0 bridgehead atoms. The number of hydrogen-bond acceptors (Lipinski definition) is 2. The SMILES string of the molecule is Cc1cccc(CNC(=O)CNC2CCCCC2)c1. The van der Waals surface area contributed by atoms with Crippen molar-refractivity contribution in [3.05, 3.63) is 35.4 Å². The van der Waals surface area contributed by atoms with E-state index in [1.54, 1.807) is 0 Å². The topological polar surface area (TPSA) is 41.1 Å². The fraction of sp³-hybridized carbons (Fsp3) is 0.562. The van der Waals surface area contributed by atoms with Crippen LogP contribution in [0.5, 0.6) is 0 Å². The van der Waals surface area contributed by atoms with Crippen LogP contribution in [0.3, 0.4) is 0 Å². The van der Waals surface area contributed by atoms with E-state index in [1.807, 2.05) is 12.1 Å². The van der Waals surface area contributed by atoms with Gasteiger partial charge >= 0.3 is 0 Å². The Balaban J connectivity index is 1.66. The number of aryl methyl sites for hydroxylation is 1. The summed E-state index contributed by atoms with van der Waals surface area (Å²) in [4.78, 5) is 11.8. The van der Waals surface area contributed by atoms with Crippen molar-refractivity contribution >= 4 is 5.91 Å². The summed E-state index contributed by atoms with van der Waals surface area (Å²) in [7, 11) is 0. The van der Waals surface area contributed by atoms with Gasteiger partial charge in [0.1, 0.15) is 0 Å². The third kappa shape index (κ3) is 5.03. The van der Waals surface area contributed by atoms with E-state index >= 15 is 0 Å². The maximum atomic E-state index is 11.8. The molecule has 1 saturated carbocycles. The molecule has 2 rings (SSSR count). The Labute approximate surface area is 115 Å². The molecule has 3 heteroatoms. The lowest BCUT2D eigenvalue weighted by molar-refractivity contribution is -0.120. The number of hydrogen-bond donors (Lipinski definition) is 2. The normalized spacial score (nSPS) is 16.3. The van der Waals surface area contributed by atoms with Crippen molar-refractivity contribution in [2.24, 2.45) is 0 Å². The fourth-order valence-corrected chi connectivity index (χ4v) is 2.63. The van der Waals surface area contributed by atoms with Crippen molar-refractivity contribution in [3.8, 4) is 0 Å². The largest absolute Gasteiger partial charge is 0.351 e. The van der Waals surface area contributed by atoms with Gasteiger partial charge in [0, 0.05) is 12.6 Å². The molecular formula is C16H24N2O. The van der Waals surface area contributed by atoms with Crippen molar-refractivity contribution < 1.29 is 4.79 Å². The van der Waals surface area contributed by atoms with Crippen molar-refractivity contribution in [2.45, 2.75) is 51.6 Å². The highest BCUT2D eigenvalue weighted by Crippen LogP contribution is 2.16. The Hall–Kier alpha value is -1.35. The second kappa shape index (κ2) is 7.29. The lowest BCUT2D eigenvalue weighted by Gasteiger charge is -2.22. The van der Waals surface area contributed by atoms with Gasteiger partial charge in [-0.05, 0) is 25.3 Å². The molecule has 0 saturated heterocycles. The molecule has 1 amide bonds. The summed E-state index contributed by atoms with van der Waals surface area (Å²) in [6, 6.07) is 8.78. The van der Waals surface area contributed by atoms with Crippen LogP contribution in [-0.2, 0) is 11.3 Å². The van der Waals surface area contributed by atoms with Gasteiger partial charge in [-0.1, -0.05) is 49.1 Å². The van der Waals surface area contributed by atoms with E-state index in [0.29, 0.717) is 19.1 Å². The molecular weight excluding hydrogens is 236 g/mol. The standard InChI is InChI=1S/C16H24N2O/c1-13-6-5-7-14(10-13)11-18-16(19)12-17-15-8-3-2-4-9-15/h5-7,10,15,17H,2-4,8-9,11-12H2,1H3,(H,18,19). The molecule has 104 valence electrons. The minimum atomic E-state index is 0.0899. The van der Waals surface area contributed by atoms with Crippen LogP contribution < -0.4 is 10.6 Å². The Morgan fingerprint density at radius 2 is 2.05 bits per heavy atom. The van der Waals surface area contributed by atoms with Gasteiger partial charge in [-0.3, -0.25) is 4.79 Å². The third-order valence-corrected chi connectivity index (χ3v) is 3.73. The molecule has 0 heterocycles. The molecule has 0 spiro atoms. The van der Waals surface area contributed by atoms with E-state index in [-0.39, 0.29) is 5.91 Å². The number of carbonyl (C=O) groups excluding carboxylic acids is 1. The summed E-state index contributed by atoms with van der Waals surface area (Å²) in [5.74, 6) is 0.0899. The van der Waals surface area contributed by atoms with E-state index in [1.165, 1.54) is 37.7 Å². The molecule has 0 aromatic heterocycles. The highest BCUT2D eigenvalue weighted by Gasteiger charge is 2.13. The monoisotopic (exact) mass is 260 g/mol. The fourth-order valence-electron chi connectivity index (χ4n) is 2.63. The molecule has 0 unspecified atom stereocenters. The average Bonchev–Trinajstić information content (AvgIpc) is 2.44. The van der Waals surface area contributed by atoms with E-state index in [2.05, 4.69) is 29.7 Å². The van der Waals surface area contributed by atoms with Crippen LogP contribution in [0.2, 0.25) is 0 Å². The third-order valence-electron chi connectivity index (χ3n) is 3.73. The summed E-state index contributed by atoms with van der Waals surface area (Å²) in [5, 5.41) is 6.32. The van der Waals surface area contributed by atoms with Crippen LogP contribution in [0.25, 0.3) is 0 Å². The average molecular weight is 260 g/mol. The van der Waals surface area contributed by atoms with Crippen LogP contribution in [0, 0.1) is 6.92 Å². The summed E-state index contributed by atoms with van der Waals surface area (Å²) in [6.07, 6.45) is 6.36. The summed E-state index contributed by atoms with van der Waals surface area (Å²) >= 11 is 0. The molecule has 19 heavy (non-hydrogen) atoms. The molecule has 0 radical (unpaired) electrons. The molecule has 1 aliphatic carbocycles. The molecule has 2 N–H and O–H groups in total. The first kappa shape index (κ1) is 14.1. The quantitative estimate of drug-likeness (QED) is 0.854. The minimum absolute atomic E-state index is 0.0899. The minimum Gasteiger partial charge on any atom is -0.351 e. The molecule has 1 aliphatic rings. The highest BCUT2D eigenvalue weighted by atomic mass is 16.1. The zero-order chi connectivity index (χ0) is 13.5. The van der Waals surface area contributed by atoms with Gasteiger partial charge in [0.05, 0.1) is 6.54 Å². The Morgan fingerprint density at radius 3 is 2.79 bits per heavy atom. The van der Waals surface area contributed by atoms with Crippen molar-refractivity contribution in [1.82, 2.24) is 10.6 Å². The number of rotatable bonds is 5. The first-order valence-corrected chi connectivity index (χ1v) is 7.29. The van der Waals surface area contributed by atoms with Gasteiger partial charge in [-0.15, -0.1) is 0 Å². The van der Waals surface area contributed by atoms with Crippen LogP contribution in [-0.4, -0.2) is 18.5 Å². The van der Waals surface area contributed by atoms with Crippen LogP contribution in [0.15, 0.2) is 24.3 Å². The number of carbonyl (C=O) groups is 1. The number of benzene rings is 1. The predicted molar refractivity (Wildman–Crippen MR) is 77.9 cm³/mol. The smallest absolute Gasteiger partial charge is 0.234 e. The second-order valence-electron chi connectivity index (χ2n) is 5.48. The van der Waals surface area contributed by atoms with Gasteiger partial charge in [-0.25, -0.2) is 0 Å². The predicted octanol–water partition coefficient (Wildman–Crippen LogP) is 2.53. The van der Waals surface area contributed by atoms with Gasteiger partial charge in [0.15, 0.2) is 0 Å². The van der Waals surface area contributed by atoms with Gasteiger partial charge in [-0.2, -0.15) is 0 Å². The van der Waals surface area contributed by atoms with Gasteiger partial charge in [0.2, 0.25) is 5.91 Å². The first-order valence-electron chi connectivity index (χ1n) is 7.29. The van der Waals surface area contributed by atoms with Gasteiger partial charge in [0.25, 0.3) is 0 Å². The maximum absolute atomic E-state index is 11.8. The van der Waals surface area contributed by atoms with Crippen molar-refractivity contribution in [2.75, 3.05) is 6.54 Å². The van der Waals surface area contributed by atoms with E-state index < -0.39 is 0 Å². The molecule has 1 aromatic rings. The van der Waals surface area contributed by atoms with Gasteiger partial charge < -0.3 is 10.6 Å². The van der Waals surface area contributed by atoms with Crippen molar-refractivity contribution in [3.63, 3.8) is 0 Å². The van der Waals surface area contributed by atoms with Crippen LogP contribution in [0.4, 0.5) is 0 Å². The summed E-state index contributed by atoms with van der Waals surface area (Å²) in [5.41, 5.74) is 2.39. The molecule has 1 aromatic carbocycles. The first-order chi connectivity index (χ1) is 9.24. The summed E-state index contributed by atoms with van der Waals surface area (Å²) < 4.78 is 0. The number of amides is 1.